The fraction of sp³-hybridized carbons (Fsp3) is 0.533. The molecule has 0 aliphatic heterocycles. The summed E-state index contributed by atoms with van der Waals surface area (Å²) in [5.74, 6) is 0.176. The number of hydrogen-bond donors (Lipinski definition) is 0. The van der Waals surface area contributed by atoms with Gasteiger partial charge >= 0.3 is 0 Å². The Hall–Kier alpha value is -1.35. The molecule has 0 saturated heterocycles. The molecule has 0 heterocycles. The van der Waals surface area contributed by atoms with Gasteiger partial charge in [0.05, 0.1) is 6.54 Å². The maximum absolute atomic E-state index is 12.3. The van der Waals surface area contributed by atoms with Crippen molar-refractivity contribution in [3.8, 4) is 0 Å². The molecule has 0 N–H and O–H groups in total. The van der Waals surface area contributed by atoms with Crippen LogP contribution in [0.2, 0.25) is 0 Å². The summed E-state index contributed by atoms with van der Waals surface area (Å²) >= 11 is 0. The average Bonchev–Trinajstić information content (AvgIpc) is 2.39. The zero-order valence-corrected chi connectivity index (χ0v) is 11.9. The fourth-order valence-corrected chi connectivity index (χ4v) is 2.07. The van der Waals surface area contributed by atoms with Crippen LogP contribution in [-0.4, -0.2) is 37.0 Å². The number of rotatable bonds is 6. The SMILES string of the molecule is CCN(CC)CC(=O)N(CC)c1ccccc1C. The number of para-hydroxylation sites is 1. The van der Waals surface area contributed by atoms with E-state index in [2.05, 4.69) is 18.7 Å². The van der Waals surface area contributed by atoms with E-state index in [0.717, 1.165) is 24.3 Å². The normalized spacial score (nSPS) is 10.7. The molecule has 0 aliphatic rings. The summed E-state index contributed by atoms with van der Waals surface area (Å²) in [5, 5.41) is 0. The molecule has 1 amide bonds. The Morgan fingerprint density at radius 1 is 1.06 bits per heavy atom. The minimum absolute atomic E-state index is 0.176. The second-order valence-corrected chi connectivity index (χ2v) is 4.39. The van der Waals surface area contributed by atoms with Gasteiger partial charge in [-0.05, 0) is 38.6 Å². The van der Waals surface area contributed by atoms with Crippen molar-refractivity contribution < 1.29 is 4.79 Å². The van der Waals surface area contributed by atoms with Crippen LogP contribution in [0.1, 0.15) is 26.3 Å². The number of nitrogens with zero attached hydrogens (tertiary/aromatic N) is 2. The summed E-state index contributed by atoms with van der Waals surface area (Å²) < 4.78 is 0. The third kappa shape index (κ3) is 3.57. The molecule has 1 aromatic rings. The van der Waals surface area contributed by atoms with Gasteiger partial charge in [-0.15, -0.1) is 0 Å². The molecular formula is C15H24N2O. The number of carbonyl (C=O) groups is 1. The number of amides is 1. The highest BCUT2D eigenvalue weighted by molar-refractivity contribution is 5.95. The molecule has 0 bridgehead atoms. The molecule has 0 fully saturated rings. The van der Waals surface area contributed by atoms with E-state index >= 15 is 0 Å². The van der Waals surface area contributed by atoms with Crippen LogP contribution in [-0.2, 0) is 4.79 Å². The summed E-state index contributed by atoms with van der Waals surface area (Å²) in [4.78, 5) is 16.4. The Labute approximate surface area is 110 Å². The predicted molar refractivity (Wildman–Crippen MR) is 77.0 cm³/mol. The van der Waals surface area contributed by atoms with E-state index in [1.165, 1.54) is 0 Å². The summed E-state index contributed by atoms with van der Waals surface area (Å²) in [6.07, 6.45) is 0. The molecule has 0 radical (unpaired) electrons. The van der Waals surface area contributed by atoms with Gasteiger partial charge in [0.15, 0.2) is 0 Å². The van der Waals surface area contributed by atoms with E-state index < -0.39 is 0 Å². The van der Waals surface area contributed by atoms with Gasteiger partial charge in [-0.1, -0.05) is 32.0 Å². The van der Waals surface area contributed by atoms with Crippen LogP contribution in [0.5, 0.6) is 0 Å². The molecule has 0 atom stereocenters. The zero-order chi connectivity index (χ0) is 13.5. The van der Waals surface area contributed by atoms with Gasteiger partial charge in [0.2, 0.25) is 5.91 Å². The number of benzene rings is 1. The van der Waals surface area contributed by atoms with Gasteiger partial charge in [0.25, 0.3) is 0 Å². The standard InChI is InChI=1S/C15H24N2O/c1-5-16(6-2)12-15(18)17(7-3)14-11-9-8-10-13(14)4/h8-11H,5-7,12H2,1-4H3. The minimum Gasteiger partial charge on any atom is -0.311 e. The molecule has 0 aromatic heterocycles. The number of likely N-dealkylation sites (N-methyl/N-ethyl adjacent to an activating group) is 2. The Balaban J connectivity index is 2.84. The van der Waals surface area contributed by atoms with Gasteiger partial charge in [-0.3, -0.25) is 9.69 Å². The molecule has 1 aromatic carbocycles. The highest BCUT2D eigenvalue weighted by atomic mass is 16.2. The molecule has 0 aliphatic carbocycles. The lowest BCUT2D eigenvalue weighted by Crippen LogP contribution is -2.40. The molecule has 1 rings (SSSR count). The van der Waals surface area contributed by atoms with Crippen molar-refractivity contribution in [3.05, 3.63) is 29.8 Å². The molecule has 3 heteroatoms. The van der Waals surface area contributed by atoms with Gasteiger partial charge in [-0.25, -0.2) is 0 Å². The van der Waals surface area contributed by atoms with E-state index in [4.69, 9.17) is 0 Å². The van der Waals surface area contributed by atoms with Gasteiger partial charge < -0.3 is 4.90 Å². The van der Waals surface area contributed by atoms with Crippen molar-refractivity contribution in [2.45, 2.75) is 27.7 Å². The molecule has 3 nitrogen and oxygen atoms in total. The molecular weight excluding hydrogens is 224 g/mol. The van der Waals surface area contributed by atoms with Crippen molar-refractivity contribution in [3.63, 3.8) is 0 Å². The smallest absolute Gasteiger partial charge is 0.241 e. The highest BCUT2D eigenvalue weighted by Gasteiger charge is 2.17. The number of anilines is 1. The Bertz CT molecular complexity index is 386. The summed E-state index contributed by atoms with van der Waals surface area (Å²) in [7, 11) is 0. The van der Waals surface area contributed by atoms with E-state index in [0.29, 0.717) is 13.1 Å². The molecule has 100 valence electrons. The van der Waals surface area contributed by atoms with Crippen LogP contribution in [0.4, 0.5) is 5.69 Å². The van der Waals surface area contributed by atoms with Crippen molar-refractivity contribution in [1.29, 1.82) is 0 Å². The van der Waals surface area contributed by atoms with Crippen molar-refractivity contribution in [2.24, 2.45) is 0 Å². The van der Waals surface area contributed by atoms with Crippen molar-refractivity contribution >= 4 is 11.6 Å². The second-order valence-electron chi connectivity index (χ2n) is 4.39. The molecule has 0 saturated carbocycles. The summed E-state index contributed by atoms with van der Waals surface area (Å²) in [6, 6.07) is 8.04. The third-order valence-corrected chi connectivity index (χ3v) is 3.28. The molecule has 0 unspecified atom stereocenters. The number of hydrogen-bond acceptors (Lipinski definition) is 2. The number of carbonyl (C=O) groups excluding carboxylic acids is 1. The Morgan fingerprint density at radius 2 is 1.67 bits per heavy atom. The maximum atomic E-state index is 12.3. The third-order valence-electron chi connectivity index (χ3n) is 3.28. The van der Waals surface area contributed by atoms with E-state index in [9.17, 15) is 4.79 Å². The van der Waals surface area contributed by atoms with Crippen LogP contribution in [0.3, 0.4) is 0 Å². The molecule has 18 heavy (non-hydrogen) atoms. The van der Waals surface area contributed by atoms with Crippen molar-refractivity contribution in [1.82, 2.24) is 4.90 Å². The van der Waals surface area contributed by atoms with Gasteiger partial charge in [0, 0.05) is 12.2 Å². The van der Waals surface area contributed by atoms with Crippen LogP contribution in [0.25, 0.3) is 0 Å². The first kappa shape index (κ1) is 14.7. The van der Waals surface area contributed by atoms with E-state index in [1.807, 2.05) is 43.0 Å². The topological polar surface area (TPSA) is 23.6 Å². The van der Waals surface area contributed by atoms with E-state index in [-0.39, 0.29) is 5.91 Å². The Morgan fingerprint density at radius 3 is 2.17 bits per heavy atom. The van der Waals surface area contributed by atoms with Crippen molar-refractivity contribution in [2.75, 3.05) is 31.1 Å². The van der Waals surface area contributed by atoms with Crippen LogP contribution in [0.15, 0.2) is 24.3 Å². The summed E-state index contributed by atoms with van der Waals surface area (Å²) in [5.41, 5.74) is 2.17. The first-order valence-electron chi connectivity index (χ1n) is 6.72. The minimum atomic E-state index is 0.176. The lowest BCUT2D eigenvalue weighted by atomic mass is 10.2. The van der Waals surface area contributed by atoms with Gasteiger partial charge in [-0.2, -0.15) is 0 Å². The molecule has 0 spiro atoms. The second kappa shape index (κ2) is 7.17. The average molecular weight is 248 g/mol. The maximum Gasteiger partial charge on any atom is 0.241 e. The van der Waals surface area contributed by atoms with Crippen LogP contribution < -0.4 is 4.90 Å². The summed E-state index contributed by atoms with van der Waals surface area (Å²) in [6.45, 7) is 11.3. The largest absolute Gasteiger partial charge is 0.311 e. The fourth-order valence-electron chi connectivity index (χ4n) is 2.07. The monoisotopic (exact) mass is 248 g/mol. The lowest BCUT2D eigenvalue weighted by molar-refractivity contribution is -0.119. The van der Waals surface area contributed by atoms with E-state index in [1.54, 1.807) is 0 Å². The number of aryl methyl sites for hydroxylation is 1. The first-order chi connectivity index (χ1) is 8.63. The lowest BCUT2D eigenvalue weighted by Gasteiger charge is -2.26. The highest BCUT2D eigenvalue weighted by Crippen LogP contribution is 2.19. The van der Waals surface area contributed by atoms with Crippen LogP contribution >= 0.6 is 0 Å². The Kier molecular flexibility index (Phi) is 5.86. The zero-order valence-electron chi connectivity index (χ0n) is 11.9. The van der Waals surface area contributed by atoms with Gasteiger partial charge in [0.1, 0.15) is 0 Å². The quantitative estimate of drug-likeness (QED) is 0.773. The first-order valence-corrected chi connectivity index (χ1v) is 6.72. The van der Waals surface area contributed by atoms with Crippen LogP contribution in [0, 0.1) is 6.92 Å². The predicted octanol–water partition coefficient (Wildman–Crippen LogP) is 2.69.